The Morgan fingerprint density at radius 3 is 2.77 bits per heavy atom. The molecule has 26 heavy (non-hydrogen) atoms. The van der Waals surface area contributed by atoms with E-state index in [1.54, 1.807) is 7.11 Å². The number of benzene rings is 1. The maximum atomic E-state index is 6.09. The molecular formula is C20H33ClN4O. The minimum Gasteiger partial charge on any atom is -0.375 e. The summed E-state index contributed by atoms with van der Waals surface area (Å²) in [6.45, 7) is 6.45. The Labute approximate surface area is 163 Å². The molecule has 1 saturated heterocycles. The van der Waals surface area contributed by atoms with Crippen molar-refractivity contribution >= 4 is 17.6 Å². The third kappa shape index (κ3) is 6.78. The third-order valence-corrected chi connectivity index (χ3v) is 5.17. The highest BCUT2D eigenvalue weighted by molar-refractivity contribution is 6.30. The van der Waals surface area contributed by atoms with Crippen LogP contribution in [-0.2, 0) is 4.74 Å². The van der Waals surface area contributed by atoms with Gasteiger partial charge in [-0.2, -0.15) is 0 Å². The second-order valence-electron chi connectivity index (χ2n) is 6.85. The molecule has 1 heterocycles. The van der Waals surface area contributed by atoms with E-state index in [0.29, 0.717) is 12.6 Å². The fraction of sp³-hybridized carbons (Fsp3) is 0.650. The third-order valence-electron chi connectivity index (χ3n) is 4.94. The SMILES string of the molecule is CCCCN1CCC(NC(=NC)NCC(OC)c2cccc(Cl)c2)CC1. The van der Waals surface area contributed by atoms with Crippen molar-refractivity contribution in [1.29, 1.82) is 0 Å². The number of hydrogen-bond donors (Lipinski definition) is 2. The van der Waals surface area contributed by atoms with Gasteiger partial charge in [0.2, 0.25) is 0 Å². The molecular weight excluding hydrogens is 348 g/mol. The number of nitrogens with zero attached hydrogens (tertiary/aromatic N) is 2. The Morgan fingerprint density at radius 2 is 2.15 bits per heavy atom. The molecule has 0 radical (unpaired) electrons. The van der Waals surface area contributed by atoms with E-state index in [0.717, 1.165) is 42.5 Å². The molecule has 146 valence electrons. The lowest BCUT2D eigenvalue weighted by atomic mass is 10.0. The van der Waals surface area contributed by atoms with E-state index < -0.39 is 0 Å². The molecule has 1 aromatic carbocycles. The Balaban J connectivity index is 1.79. The molecule has 2 rings (SSSR count). The standard InChI is InChI=1S/C20H33ClN4O/c1-4-5-11-25-12-9-18(10-13-25)24-20(22-2)23-15-19(26-3)16-7-6-8-17(21)14-16/h6-8,14,18-19H,4-5,9-13,15H2,1-3H3,(H2,22,23,24). The van der Waals surface area contributed by atoms with Crippen LogP contribution in [-0.4, -0.2) is 57.2 Å². The van der Waals surface area contributed by atoms with Crippen molar-refractivity contribution in [3.8, 4) is 0 Å². The second kappa shape index (κ2) is 11.4. The van der Waals surface area contributed by atoms with Gasteiger partial charge in [-0.25, -0.2) is 0 Å². The molecule has 0 spiro atoms. The summed E-state index contributed by atoms with van der Waals surface area (Å²) in [7, 11) is 3.53. The molecule has 1 aromatic rings. The Bertz CT molecular complexity index is 558. The second-order valence-corrected chi connectivity index (χ2v) is 7.28. The average Bonchev–Trinajstić information content (AvgIpc) is 2.67. The van der Waals surface area contributed by atoms with Crippen molar-refractivity contribution in [3.05, 3.63) is 34.9 Å². The molecule has 1 fully saturated rings. The van der Waals surface area contributed by atoms with E-state index in [1.807, 2.05) is 31.3 Å². The largest absolute Gasteiger partial charge is 0.375 e. The highest BCUT2D eigenvalue weighted by Crippen LogP contribution is 2.19. The fourth-order valence-electron chi connectivity index (χ4n) is 3.30. The van der Waals surface area contributed by atoms with Gasteiger partial charge in [-0.1, -0.05) is 37.1 Å². The van der Waals surface area contributed by atoms with Gasteiger partial charge in [0, 0.05) is 44.9 Å². The molecule has 1 unspecified atom stereocenters. The Hall–Kier alpha value is -1.30. The summed E-state index contributed by atoms with van der Waals surface area (Å²) in [5.41, 5.74) is 1.06. The van der Waals surface area contributed by atoms with E-state index in [4.69, 9.17) is 16.3 Å². The van der Waals surface area contributed by atoms with Crippen LogP contribution in [0.2, 0.25) is 5.02 Å². The molecule has 6 heteroatoms. The van der Waals surface area contributed by atoms with Crippen molar-refractivity contribution in [3.63, 3.8) is 0 Å². The van der Waals surface area contributed by atoms with Gasteiger partial charge in [-0.15, -0.1) is 0 Å². The van der Waals surface area contributed by atoms with Crippen LogP contribution >= 0.6 is 11.6 Å². The van der Waals surface area contributed by atoms with Crippen molar-refractivity contribution < 1.29 is 4.74 Å². The van der Waals surface area contributed by atoms with Gasteiger partial charge in [0.05, 0.1) is 6.10 Å². The molecule has 5 nitrogen and oxygen atoms in total. The predicted octanol–water partition coefficient (Wildman–Crippen LogP) is 3.46. The molecule has 0 saturated carbocycles. The first kappa shape index (κ1) is 21.0. The highest BCUT2D eigenvalue weighted by atomic mass is 35.5. The first-order valence-corrected chi connectivity index (χ1v) is 10.0. The van der Waals surface area contributed by atoms with Crippen LogP contribution in [0.15, 0.2) is 29.3 Å². The topological polar surface area (TPSA) is 48.9 Å². The van der Waals surface area contributed by atoms with Gasteiger partial charge in [0.1, 0.15) is 0 Å². The molecule has 0 amide bonds. The van der Waals surface area contributed by atoms with E-state index >= 15 is 0 Å². The lowest BCUT2D eigenvalue weighted by Gasteiger charge is -2.33. The van der Waals surface area contributed by atoms with E-state index in [1.165, 1.54) is 19.4 Å². The van der Waals surface area contributed by atoms with Crippen molar-refractivity contribution in [2.24, 2.45) is 4.99 Å². The maximum Gasteiger partial charge on any atom is 0.191 e. The smallest absolute Gasteiger partial charge is 0.191 e. The van der Waals surface area contributed by atoms with Gasteiger partial charge in [0.15, 0.2) is 5.96 Å². The number of rotatable bonds is 8. The number of piperidine rings is 1. The number of unbranched alkanes of at least 4 members (excludes halogenated alkanes) is 1. The van der Waals surface area contributed by atoms with E-state index in [-0.39, 0.29) is 6.10 Å². The summed E-state index contributed by atoms with van der Waals surface area (Å²) in [6.07, 6.45) is 4.81. The predicted molar refractivity (Wildman–Crippen MR) is 110 cm³/mol. The number of halogens is 1. The summed E-state index contributed by atoms with van der Waals surface area (Å²) < 4.78 is 5.62. The van der Waals surface area contributed by atoms with Crippen molar-refractivity contribution in [2.75, 3.05) is 40.3 Å². The van der Waals surface area contributed by atoms with E-state index in [9.17, 15) is 0 Å². The van der Waals surface area contributed by atoms with Crippen LogP contribution < -0.4 is 10.6 Å². The minimum atomic E-state index is -0.0665. The number of methoxy groups -OCH3 is 1. The number of hydrogen-bond acceptors (Lipinski definition) is 3. The van der Waals surface area contributed by atoms with Crippen LogP contribution in [0.1, 0.15) is 44.3 Å². The molecule has 1 aliphatic rings. The number of ether oxygens (including phenoxy) is 1. The summed E-state index contributed by atoms with van der Waals surface area (Å²) >= 11 is 6.09. The fourth-order valence-corrected chi connectivity index (χ4v) is 3.50. The van der Waals surface area contributed by atoms with Crippen LogP contribution in [0, 0.1) is 0 Å². The van der Waals surface area contributed by atoms with Crippen LogP contribution in [0.25, 0.3) is 0 Å². The van der Waals surface area contributed by atoms with Gasteiger partial charge >= 0.3 is 0 Å². The van der Waals surface area contributed by atoms with Crippen LogP contribution in [0.5, 0.6) is 0 Å². The summed E-state index contributed by atoms with van der Waals surface area (Å²) in [5.74, 6) is 0.834. The first-order valence-electron chi connectivity index (χ1n) is 9.64. The number of nitrogens with one attached hydrogen (secondary N) is 2. The maximum absolute atomic E-state index is 6.09. The molecule has 1 atom stereocenters. The molecule has 2 N–H and O–H groups in total. The zero-order chi connectivity index (χ0) is 18.8. The summed E-state index contributed by atoms with van der Waals surface area (Å²) in [5, 5.41) is 7.67. The summed E-state index contributed by atoms with van der Waals surface area (Å²) in [6, 6.07) is 8.27. The molecule has 0 aliphatic carbocycles. The zero-order valence-corrected chi connectivity index (χ0v) is 17.1. The number of likely N-dealkylation sites (tertiary alicyclic amines) is 1. The first-order chi connectivity index (χ1) is 12.7. The Kier molecular flexibility index (Phi) is 9.23. The normalized spacial score (nSPS) is 17.9. The van der Waals surface area contributed by atoms with Crippen LogP contribution in [0.4, 0.5) is 0 Å². The number of guanidine groups is 1. The highest BCUT2D eigenvalue weighted by Gasteiger charge is 2.20. The van der Waals surface area contributed by atoms with Gasteiger partial charge in [-0.05, 0) is 43.5 Å². The van der Waals surface area contributed by atoms with E-state index in [2.05, 4.69) is 27.4 Å². The molecule has 0 aromatic heterocycles. The molecule has 1 aliphatic heterocycles. The molecule has 0 bridgehead atoms. The van der Waals surface area contributed by atoms with Gasteiger partial charge in [0.25, 0.3) is 0 Å². The lowest BCUT2D eigenvalue weighted by Crippen LogP contribution is -2.49. The monoisotopic (exact) mass is 380 g/mol. The lowest BCUT2D eigenvalue weighted by molar-refractivity contribution is 0.106. The van der Waals surface area contributed by atoms with Gasteiger partial charge in [-0.3, -0.25) is 4.99 Å². The van der Waals surface area contributed by atoms with Crippen molar-refractivity contribution in [1.82, 2.24) is 15.5 Å². The minimum absolute atomic E-state index is 0.0665. The zero-order valence-electron chi connectivity index (χ0n) is 16.3. The average molecular weight is 381 g/mol. The number of aliphatic imine (C=N–C) groups is 1. The summed E-state index contributed by atoms with van der Waals surface area (Å²) in [4.78, 5) is 6.93. The van der Waals surface area contributed by atoms with Crippen LogP contribution in [0.3, 0.4) is 0 Å². The van der Waals surface area contributed by atoms with Crippen molar-refractivity contribution in [2.45, 2.75) is 44.8 Å². The van der Waals surface area contributed by atoms with Gasteiger partial charge < -0.3 is 20.3 Å². The quantitative estimate of drug-likeness (QED) is 0.535. The Morgan fingerprint density at radius 1 is 1.38 bits per heavy atom.